The summed E-state index contributed by atoms with van der Waals surface area (Å²) in [5.41, 5.74) is 0. The Morgan fingerprint density at radius 2 is 1.60 bits per heavy atom. The normalized spacial score (nSPS) is 21.8. The van der Waals surface area contributed by atoms with Crippen LogP contribution in [0.5, 0.6) is 0 Å². The molecular formula is C19H40IN5. The van der Waals surface area contributed by atoms with Gasteiger partial charge < -0.3 is 20.4 Å². The fourth-order valence-corrected chi connectivity index (χ4v) is 3.80. The first kappa shape index (κ1) is 23.0. The first-order chi connectivity index (χ1) is 11.7. The van der Waals surface area contributed by atoms with Gasteiger partial charge in [0.1, 0.15) is 0 Å². The van der Waals surface area contributed by atoms with Gasteiger partial charge in [-0.05, 0) is 70.6 Å². The number of halogens is 1. The second-order valence-corrected chi connectivity index (χ2v) is 7.64. The minimum atomic E-state index is 0. The molecule has 2 rings (SSSR count). The maximum Gasteiger partial charge on any atom is 0.191 e. The molecule has 0 aromatic heterocycles. The lowest BCUT2D eigenvalue weighted by Crippen LogP contribution is -2.49. The zero-order valence-corrected chi connectivity index (χ0v) is 18.9. The van der Waals surface area contributed by atoms with Gasteiger partial charge in [-0.15, -0.1) is 24.0 Å². The number of piperidine rings is 2. The van der Waals surface area contributed by atoms with Gasteiger partial charge >= 0.3 is 0 Å². The van der Waals surface area contributed by atoms with Crippen molar-refractivity contribution in [1.29, 1.82) is 0 Å². The van der Waals surface area contributed by atoms with Crippen molar-refractivity contribution in [2.24, 2.45) is 10.9 Å². The molecule has 0 bridgehead atoms. The van der Waals surface area contributed by atoms with Gasteiger partial charge in [-0.1, -0.05) is 13.8 Å². The van der Waals surface area contributed by atoms with Crippen molar-refractivity contribution in [1.82, 2.24) is 20.4 Å². The topological polar surface area (TPSA) is 42.9 Å². The van der Waals surface area contributed by atoms with Crippen LogP contribution < -0.4 is 10.6 Å². The number of guanidine groups is 1. The van der Waals surface area contributed by atoms with Gasteiger partial charge in [-0.2, -0.15) is 0 Å². The summed E-state index contributed by atoms with van der Waals surface area (Å²) in [4.78, 5) is 9.59. The first-order valence-corrected chi connectivity index (χ1v) is 10.1. The average Bonchev–Trinajstić information content (AvgIpc) is 2.61. The van der Waals surface area contributed by atoms with Gasteiger partial charge in [0.05, 0.1) is 0 Å². The van der Waals surface area contributed by atoms with E-state index in [1.807, 2.05) is 7.05 Å². The van der Waals surface area contributed by atoms with Crippen molar-refractivity contribution < 1.29 is 0 Å². The maximum absolute atomic E-state index is 4.40. The minimum absolute atomic E-state index is 0. The average molecular weight is 465 g/mol. The van der Waals surface area contributed by atoms with Crippen LogP contribution in [0.2, 0.25) is 0 Å². The molecule has 2 N–H and O–H groups in total. The molecule has 0 saturated carbocycles. The lowest BCUT2D eigenvalue weighted by atomic mass is 9.99. The molecular weight excluding hydrogens is 425 g/mol. The summed E-state index contributed by atoms with van der Waals surface area (Å²) in [5.74, 6) is 1.90. The number of nitrogens with zero attached hydrogens (tertiary/aromatic N) is 3. The Morgan fingerprint density at radius 1 is 1.00 bits per heavy atom. The fraction of sp³-hybridized carbons (Fsp3) is 0.947. The van der Waals surface area contributed by atoms with Gasteiger partial charge in [0.25, 0.3) is 0 Å². The smallest absolute Gasteiger partial charge is 0.191 e. The van der Waals surface area contributed by atoms with E-state index in [4.69, 9.17) is 0 Å². The highest BCUT2D eigenvalue weighted by Gasteiger charge is 2.19. The summed E-state index contributed by atoms with van der Waals surface area (Å²) >= 11 is 0. The predicted molar refractivity (Wildman–Crippen MR) is 119 cm³/mol. The number of hydrogen-bond acceptors (Lipinski definition) is 3. The van der Waals surface area contributed by atoms with Gasteiger partial charge in [0.2, 0.25) is 0 Å². The van der Waals surface area contributed by atoms with Crippen LogP contribution in [0.15, 0.2) is 4.99 Å². The van der Waals surface area contributed by atoms with Crippen molar-refractivity contribution >= 4 is 29.9 Å². The van der Waals surface area contributed by atoms with E-state index in [0.717, 1.165) is 18.4 Å². The van der Waals surface area contributed by atoms with Crippen LogP contribution in [0.3, 0.4) is 0 Å². The summed E-state index contributed by atoms with van der Waals surface area (Å²) in [5, 5.41) is 7.11. The Hall–Kier alpha value is -0.0800. The van der Waals surface area contributed by atoms with E-state index in [-0.39, 0.29) is 24.0 Å². The Bertz CT molecular complexity index is 361. The maximum atomic E-state index is 4.40. The Morgan fingerprint density at radius 3 is 2.20 bits per heavy atom. The summed E-state index contributed by atoms with van der Waals surface area (Å²) in [6.45, 7) is 13.1. The molecule has 0 spiro atoms. The van der Waals surface area contributed by atoms with E-state index in [2.05, 4.69) is 39.3 Å². The van der Waals surface area contributed by atoms with Crippen LogP contribution in [0.25, 0.3) is 0 Å². The SMILES string of the molecule is CCCN1CCC(NC(=NC)NCCCN2CCC(C)CC2)CC1.I. The Labute approximate surface area is 172 Å². The summed E-state index contributed by atoms with van der Waals surface area (Å²) in [7, 11) is 1.88. The molecule has 2 heterocycles. The highest BCUT2D eigenvalue weighted by atomic mass is 127. The molecule has 0 amide bonds. The van der Waals surface area contributed by atoms with E-state index < -0.39 is 0 Å². The molecule has 0 aromatic carbocycles. The van der Waals surface area contributed by atoms with Crippen molar-refractivity contribution in [3.8, 4) is 0 Å². The highest BCUT2D eigenvalue weighted by molar-refractivity contribution is 14.0. The largest absolute Gasteiger partial charge is 0.356 e. The third kappa shape index (κ3) is 8.91. The van der Waals surface area contributed by atoms with Gasteiger partial charge in [-0.25, -0.2) is 0 Å². The fourth-order valence-electron chi connectivity index (χ4n) is 3.80. The third-order valence-electron chi connectivity index (χ3n) is 5.51. The van der Waals surface area contributed by atoms with Gasteiger partial charge in [0.15, 0.2) is 5.96 Å². The number of nitrogens with one attached hydrogen (secondary N) is 2. The van der Waals surface area contributed by atoms with Crippen LogP contribution in [0.1, 0.15) is 52.4 Å². The Balaban J connectivity index is 0.00000312. The molecule has 0 atom stereocenters. The lowest BCUT2D eigenvalue weighted by molar-refractivity contribution is 0.191. The molecule has 25 heavy (non-hydrogen) atoms. The van der Waals surface area contributed by atoms with Crippen LogP contribution in [-0.2, 0) is 0 Å². The molecule has 5 nitrogen and oxygen atoms in total. The molecule has 2 aliphatic rings. The molecule has 2 aliphatic heterocycles. The molecule has 2 saturated heterocycles. The summed E-state index contributed by atoms with van der Waals surface area (Å²) < 4.78 is 0. The second kappa shape index (κ2) is 13.1. The van der Waals surface area contributed by atoms with E-state index in [1.165, 1.54) is 77.8 Å². The van der Waals surface area contributed by atoms with E-state index in [9.17, 15) is 0 Å². The van der Waals surface area contributed by atoms with Gasteiger partial charge in [0, 0.05) is 32.7 Å². The van der Waals surface area contributed by atoms with Crippen LogP contribution in [0.4, 0.5) is 0 Å². The van der Waals surface area contributed by atoms with Crippen LogP contribution >= 0.6 is 24.0 Å². The summed E-state index contributed by atoms with van der Waals surface area (Å²) in [6.07, 6.45) is 7.65. The predicted octanol–water partition coefficient (Wildman–Crippen LogP) is 2.77. The van der Waals surface area contributed by atoms with Crippen molar-refractivity contribution in [2.75, 3.05) is 52.9 Å². The molecule has 0 unspecified atom stereocenters. The number of aliphatic imine (C=N–C) groups is 1. The minimum Gasteiger partial charge on any atom is -0.356 e. The standard InChI is InChI=1S/C19H39N5.HI/c1-4-11-23-15-8-18(9-16-23)22-19(20-3)21-10-5-12-24-13-6-17(2)7-14-24;/h17-18H,4-16H2,1-3H3,(H2,20,21,22);1H. The third-order valence-corrected chi connectivity index (χ3v) is 5.51. The quantitative estimate of drug-likeness (QED) is 0.263. The molecule has 0 aromatic rings. The first-order valence-electron chi connectivity index (χ1n) is 10.1. The van der Waals surface area contributed by atoms with Crippen molar-refractivity contribution in [3.05, 3.63) is 0 Å². The monoisotopic (exact) mass is 465 g/mol. The molecule has 148 valence electrons. The summed E-state index contributed by atoms with van der Waals surface area (Å²) in [6, 6.07) is 0.577. The molecule has 6 heteroatoms. The molecule has 0 radical (unpaired) electrons. The van der Waals surface area contributed by atoms with E-state index >= 15 is 0 Å². The number of rotatable bonds is 7. The Kier molecular flexibility index (Phi) is 12.1. The lowest BCUT2D eigenvalue weighted by Gasteiger charge is -2.33. The zero-order chi connectivity index (χ0) is 17.2. The number of likely N-dealkylation sites (tertiary alicyclic amines) is 2. The molecule has 0 aliphatic carbocycles. The highest BCUT2D eigenvalue weighted by Crippen LogP contribution is 2.15. The second-order valence-electron chi connectivity index (χ2n) is 7.64. The zero-order valence-electron chi connectivity index (χ0n) is 16.6. The van der Waals surface area contributed by atoms with E-state index in [1.54, 1.807) is 0 Å². The molecule has 2 fully saturated rings. The number of hydrogen-bond donors (Lipinski definition) is 2. The van der Waals surface area contributed by atoms with E-state index in [0.29, 0.717) is 6.04 Å². The van der Waals surface area contributed by atoms with Crippen LogP contribution in [0, 0.1) is 5.92 Å². The van der Waals surface area contributed by atoms with Gasteiger partial charge in [-0.3, -0.25) is 4.99 Å². The van der Waals surface area contributed by atoms with Crippen LogP contribution in [-0.4, -0.2) is 74.7 Å². The van der Waals surface area contributed by atoms with Crippen molar-refractivity contribution in [3.63, 3.8) is 0 Å². The van der Waals surface area contributed by atoms with Crippen molar-refractivity contribution in [2.45, 2.75) is 58.4 Å².